The van der Waals surface area contributed by atoms with Crippen molar-refractivity contribution in [3.8, 4) is 0 Å². The summed E-state index contributed by atoms with van der Waals surface area (Å²) in [6, 6.07) is 6.86. The predicted molar refractivity (Wildman–Crippen MR) is 112 cm³/mol. The molecule has 3 amide bonds. The molecule has 2 N–H and O–H groups in total. The lowest BCUT2D eigenvalue weighted by atomic mass is 10.1. The minimum absolute atomic E-state index is 0.0839. The number of thioether (sulfide) groups is 1. The SMILES string of the molecule is CC[C@H](C)NC(=O)c1ccc(NC(=O)C[C@H]2SC(N3CCCC3)=NC2=O)cc1. The van der Waals surface area contributed by atoms with E-state index < -0.39 is 5.25 Å². The highest BCUT2D eigenvalue weighted by atomic mass is 32.2. The molecule has 2 aliphatic rings. The van der Waals surface area contributed by atoms with Crippen LogP contribution in [0.3, 0.4) is 0 Å². The number of carbonyl (C=O) groups is 3. The zero-order valence-corrected chi connectivity index (χ0v) is 17.1. The molecule has 7 nitrogen and oxygen atoms in total. The molecule has 28 heavy (non-hydrogen) atoms. The van der Waals surface area contributed by atoms with Crippen molar-refractivity contribution >= 4 is 40.3 Å². The second-order valence-electron chi connectivity index (χ2n) is 7.15. The minimum atomic E-state index is -0.462. The molecular formula is C20H26N4O3S. The van der Waals surface area contributed by atoms with E-state index in [0.29, 0.717) is 11.3 Å². The number of likely N-dealkylation sites (tertiary alicyclic amines) is 1. The molecule has 1 aromatic rings. The number of amides is 3. The number of hydrogen-bond donors (Lipinski definition) is 2. The molecule has 1 saturated heterocycles. The van der Waals surface area contributed by atoms with Gasteiger partial charge in [0.2, 0.25) is 5.91 Å². The number of aliphatic imine (C=N–C) groups is 1. The van der Waals surface area contributed by atoms with E-state index in [9.17, 15) is 14.4 Å². The highest BCUT2D eigenvalue weighted by molar-refractivity contribution is 8.15. The van der Waals surface area contributed by atoms with Gasteiger partial charge in [-0.2, -0.15) is 4.99 Å². The predicted octanol–water partition coefficient (Wildman–Crippen LogP) is 2.64. The first-order valence-corrected chi connectivity index (χ1v) is 10.6. The van der Waals surface area contributed by atoms with Crippen LogP contribution in [-0.4, -0.2) is 52.2 Å². The van der Waals surface area contributed by atoms with Crippen LogP contribution in [-0.2, 0) is 9.59 Å². The highest BCUT2D eigenvalue weighted by Crippen LogP contribution is 2.29. The second kappa shape index (κ2) is 9.23. The Morgan fingerprint density at radius 3 is 2.57 bits per heavy atom. The van der Waals surface area contributed by atoms with Gasteiger partial charge < -0.3 is 15.5 Å². The van der Waals surface area contributed by atoms with E-state index in [1.54, 1.807) is 24.3 Å². The summed E-state index contributed by atoms with van der Waals surface area (Å²) >= 11 is 1.38. The molecule has 2 aliphatic heterocycles. The minimum Gasteiger partial charge on any atom is -0.351 e. The number of anilines is 1. The Morgan fingerprint density at radius 1 is 1.25 bits per heavy atom. The summed E-state index contributed by atoms with van der Waals surface area (Å²) in [5.41, 5.74) is 1.14. The van der Waals surface area contributed by atoms with Crippen LogP contribution in [0.5, 0.6) is 0 Å². The van der Waals surface area contributed by atoms with Crippen molar-refractivity contribution in [2.75, 3.05) is 18.4 Å². The van der Waals surface area contributed by atoms with Crippen molar-refractivity contribution in [3.63, 3.8) is 0 Å². The standard InChI is InChI=1S/C20H26N4O3S/c1-3-13(2)21-18(26)14-6-8-15(9-7-14)22-17(25)12-16-19(27)23-20(28-16)24-10-4-5-11-24/h6-9,13,16H,3-5,10-12H2,1-2H3,(H,21,26)(H,22,25)/t13-,16+/m0/s1. The molecule has 0 bridgehead atoms. The Bertz CT molecular complexity index is 772. The second-order valence-corrected chi connectivity index (χ2v) is 8.32. The first-order chi connectivity index (χ1) is 13.5. The van der Waals surface area contributed by atoms with Crippen LogP contribution in [0.25, 0.3) is 0 Å². The molecule has 0 spiro atoms. The van der Waals surface area contributed by atoms with E-state index in [4.69, 9.17) is 0 Å². The Balaban J connectivity index is 1.50. The molecule has 150 valence electrons. The van der Waals surface area contributed by atoms with E-state index in [2.05, 4.69) is 20.5 Å². The molecule has 0 unspecified atom stereocenters. The van der Waals surface area contributed by atoms with Crippen molar-refractivity contribution < 1.29 is 14.4 Å². The molecule has 0 saturated carbocycles. The van der Waals surface area contributed by atoms with Gasteiger partial charge in [-0.1, -0.05) is 18.7 Å². The Labute approximate surface area is 169 Å². The summed E-state index contributed by atoms with van der Waals surface area (Å²) in [7, 11) is 0. The lowest BCUT2D eigenvalue weighted by Gasteiger charge is -2.16. The fourth-order valence-corrected chi connectivity index (χ4v) is 4.16. The fourth-order valence-electron chi connectivity index (χ4n) is 3.05. The molecule has 0 radical (unpaired) electrons. The number of nitrogens with one attached hydrogen (secondary N) is 2. The van der Waals surface area contributed by atoms with Gasteiger partial charge in [0.15, 0.2) is 5.17 Å². The van der Waals surface area contributed by atoms with Crippen LogP contribution in [0.2, 0.25) is 0 Å². The van der Waals surface area contributed by atoms with Gasteiger partial charge in [0, 0.05) is 36.8 Å². The number of rotatable bonds is 6. The van der Waals surface area contributed by atoms with Gasteiger partial charge in [-0.3, -0.25) is 14.4 Å². The van der Waals surface area contributed by atoms with Crippen molar-refractivity contribution in [2.24, 2.45) is 4.99 Å². The average molecular weight is 403 g/mol. The van der Waals surface area contributed by atoms with Crippen LogP contribution < -0.4 is 10.6 Å². The first-order valence-electron chi connectivity index (χ1n) is 9.71. The van der Waals surface area contributed by atoms with Crippen molar-refractivity contribution in [3.05, 3.63) is 29.8 Å². The third kappa shape index (κ3) is 5.13. The molecule has 3 rings (SSSR count). The summed E-state index contributed by atoms with van der Waals surface area (Å²) in [6.45, 7) is 5.81. The van der Waals surface area contributed by atoms with Gasteiger partial charge in [0.25, 0.3) is 11.8 Å². The van der Waals surface area contributed by atoms with Crippen LogP contribution in [0.4, 0.5) is 5.69 Å². The van der Waals surface area contributed by atoms with Crippen LogP contribution in [0, 0.1) is 0 Å². The monoisotopic (exact) mass is 402 g/mol. The van der Waals surface area contributed by atoms with Gasteiger partial charge in [-0.15, -0.1) is 0 Å². The van der Waals surface area contributed by atoms with Crippen LogP contribution in [0.15, 0.2) is 29.3 Å². The molecule has 2 atom stereocenters. The van der Waals surface area contributed by atoms with Crippen LogP contribution >= 0.6 is 11.8 Å². The summed E-state index contributed by atoms with van der Waals surface area (Å²) in [6.07, 6.45) is 3.18. The fraction of sp³-hybridized carbons (Fsp3) is 0.500. The van der Waals surface area contributed by atoms with E-state index in [0.717, 1.165) is 37.5 Å². The Kier molecular flexibility index (Phi) is 6.72. The molecule has 0 aliphatic carbocycles. The van der Waals surface area contributed by atoms with Crippen molar-refractivity contribution in [1.29, 1.82) is 0 Å². The normalized spacial score (nSPS) is 20.1. The molecule has 8 heteroatoms. The van der Waals surface area contributed by atoms with E-state index in [1.165, 1.54) is 11.8 Å². The lowest BCUT2D eigenvalue weighted by molar-refractivity contribution is -0.121. The highest BCUT2D eigenvalue weighted by Gasteiger charge is 2.33. The molecule has 0 aromatic heterocycles. The zero-order chi connectivity index (χ0) is 20.1. The van der Waals surface area contributed by atoms with Gasteiger partial charge in [-0.05, 0) is 50.5 Å². The molecule has 1 fully saturated rings. The zero-order valence-electron chi connectivity index (χ0n) is 16.2. The maximum Gasteiger partial charge on any atom is 0.262 e. The quantitative estimate of drug-likeness (QED) is 0.763. The smallest absolute Gasteiger partial charge is 0.262 e. The van der Waals surface area contributed by atoms with Crippen molar-refractivity contribution in [1.82, 2.24) is 10.2 Å². The topological polar surface area (TPSA) is 90.9 Å². The summed E-state index contributed by atoms with van der Waals surface area (Å²) in [4.78, 5) is 42.8. The van der Waals surface area contributed by atoms with Gasteiger partial charge >= 0.3 is 0 Å². The number of nitrogens with zero attached hydrogens (tertiary/aromatic N) is 2. The van der Waals surface area contributed by atoms with Gasteiger partial charge in [0.05, 0.1) is 0 Å². The average Bonchev–Trinajstić information content (AvgIpc) is 3.32. The summed E-state index contributed by atoms with van der Waals surface area (Å²) < 4.78 is 0. The third-order valence-corrected chi connectivity index (χ3v) is 6.11. The first kappa shape index (κ1) is 20.4. The summed E-state index contributed by atoms with van der Waals surface area (Å²) in [5, 5.41) is 5.98. The van der Waals surface area contributed by atoms with Gasteiger partial charge in [0.1, 0.15) is 5.25 Å². The molecule has 2 heterocycles. The summed E-state index contributed by atoms with van der Waals surface area (Å²) in [5.74, 6) is -0.605. The van der Waals surface area contributed by atoms with Crippen LogP contribution in [0.1, 0.15) is 49.9 Å². The Hall–Kier alpha value is -2.35. The van der Waals surface area contributed by atoms with E-state index in [1.807, 2.05) is 13.8 Å². The lowest BCUT2D eigenvalue weighted by Crippen LogP contribution is -2.31. The van der Waals surface area contributed by atoms with Crippen molar-refractivity contribution in [2.45, 2.75) is 50.8 Å². The maximum atomic E-state index is 12.3. The molecular weight excluding hydrogens is 376 g/mol. The maximum absolute atomic E-state index is 12.3. The number of amidine groups is 1. The van der Waals surface area contributed by atoms with Gasteiger partial charge in [-0.25, -0.2) is 0 Å². The van der Waals surface area contributed by atoms with E-state index >= 15 is 0 Å². The van der Waals surface area contributed by atoms with E-state index in [-0.39, 0.29) is 30.2 Å². The largest absolute Gasteiger partial charge is 0.351 e. The Morgan fingerprint density at radius 2 is 1.93 bits per heavy atom. The number of carbonyl (C=O) groups excluding carboxylic acids is 3. The molecule has 1 aromatic carbocycles. The number of benzene rings is 1. The number of hydrogen-bond acceptors (Lipinski definition) is 5. The third-order valence-electron chi connectivity index (χ3n) is 4.90.